The Balaban J connectivity index is 2.33. The fourth-order valence-corrected chi connectivity index (χ4v) is 2.63. The van der Waals surface area contributed by atoms with Gasteiger partial charge in [-0.1, -0.05) is 6.07 Å². The van der Waals surface area contributed by atoms with Crippen LogP contribution in [0, 0.1) is 0 Å². The van der Waals surface area contributed by atoms with Gasteiger partial charge in [0.25, 0.3) is 0 Å². The summed E-state index contributed by atoms with van der Waals surface area (Å²) < 4.78 is 21.8. The van der Waals surface area contributed by atoms with Crippen LogP contribution in [-0.4, -0.2) is 62.4 Å². The van der Waals surface area contributed by atoms with E-state index in [2.05, 4.69) is 4.90 Å². The summed E-state index contributed by atoms with van der Waals surface area (Å²) in [6.07, 6.45) is 1.25. The number of benzene rings is 1. The van der Waals surface area contributed by atoms with Crippen molar-refractivity contribution < 1.29 is 28.5 Å². The van der Waals surface area contributed by atoms with Gasteiger partial charge in [0.1, 0.15) is 5.75 Å². The molecule has 8 heteroatoms. The number of nitrogens with zero attached hydrogens (tertiary/aromatic N) is 2. The first-order chi connectivity index (χ1) is 13.0. The molecule has 27 heavy (non-hydrogen) atoms. The fourth-order valence-electron chi connectivity index (χ4n) is 2.63. The summed E-state index contributed by atoms with van der Waals surface area (Å²) >= 11 is 0. The van der Waals surface area contributed by atoms with Crippen molar-refractivity contribution in [3.63, 3.8) is 0 Å². The average Bonchev–Trinajstić information content (AvgIpc) is 3.00. The lowest BCUT2D eigenvalue weighted by molar-refractivity contribution is 0.00739. The van der Waals surface area contributed by atoms with E-state index in [1.807, 2.05) is 20.2 Å². The van der Waals surface area contributed by atoms with Crippen molar-refractivity contribution in [2.24, 2.45) is 0 Å². The van der Waals surface area contributed by atoms with Crippen molar-refractivity contribution >= 4 is 23.2 Å². The van der Waals surface area contributed by atoms with Crippen LogP contribution in [0.3, 0.4) is 0 Å². The Kier molecular flexibility index (Phi) is 7.48. The van der Waals surface area contributed by atoms with Crippen molar-refractivity contribution in [1.82, 2.24) is 9.47 Å². The van der Waals surface area contributed by atoms with Gasteiger partial charge in [-0.25, -0.2) is 9.59 Å². The molecule has 0 aliphatic heterocycles. The van der Waals surface area contributed by atoms with Gasteiger partial charge in [0.15, 0.2) is 0 Å². The van der Waals surface area contributed by atoms with Gasteiger partial charge in [-0.3, -0.25) is 4.57 Å². The lowest BCUT2D eigenvalue weighted by Gasteiger charge is -2.11. The maximum Gasteiger partial charge on any atom is 0.511 e. The molecule has 1 aromatic heterocycles. The van der Waals surface area contributed by atoms with Gasteiger partial charge in [0, 0.05) is 18.1 Å². The molecule has 1 heterocycles. The van der Waals surface area contributed by atoms with E-state index in [1.54, 1.807) is 32.2 Å². The minimum absolute atomic E-state index is 0.228. The Bertz CT molecular complexity index is 784. The van der Waals surface area contributed by atoms with E-state index >= 15 is 0 Å². The number of aromatic nitrogens is 1. The van der Waals surface area contributed by atoms with E-state index in [0.717, 1.165) is 23.9 Å². The third-order valence-corrected chi connectivity index (χ3v) is 3.82. The van der Waals surface area contributed by atoms with Crippen LogP contribution in [0.25, 0.3) is 10.9 Å². The third kappa shape index (κ3) is 5.37. The van der Waals surface area contributed by atoms with E-state index in [-0.39, 0.29) is 20.0 Å². The first kappa shape index (κ1) is 20.6. The molecule has 0 saturated carbocycles. The highest BCUT2D eigenvalue weighted by Gasteiger charge is 2.18. The normalized spacial score (nSPS) is 10.9. The Hall–Kier alpha value is -2.74. The Morgan fingerprint density at radius 3 is 2.48 bits per heavy atom. The maximum absolute atomic E-state index is 12.3. The van der Waals surface area contributed by atoms with Crippen molar-refractivity contribution in [2.75, 3.05) is 40.6 Å². The van der Waals surface area contributed by atoms with Crippen LogP contribution in [0.2, 0.25) is 0 Å². The second-order valence-corrected chi connectivity index (χ2v) is 6.02. The van der Waals surface area contributed by atoms with Crippen LogP contribution in [0.4, 0.5) is 9.59 Å². The van der Waals surface area contributed by atoms with E-state index < -0.39 is 12.2 Å². The molecule has 2 rings (SSSR count). The van der Waals surface area contributed by atoms with Gasteiger partial charge in [0.2, 0.25) is 6.79 Å². The molecular formula is C19H26N2O6. The first-order valence-electron chi connectivity index (χ1n) is 8.85. The smallest absolute Gasteiger partial charge is 0.457 e. The minimum Gasteiger partial charge on any atom is -0.457 e. The lowest BCUT2D eigenvalue weighted by atomic mass is 10.1. The zero-order chi connectivity index (χ0) is 19.8. The van der Waals surface area contributed by atoms with E-state index in [4.69, 9.17) is 18.9 Å². The Morgan fingerprint density at radius 1 is 1.07 bits per heavy atom. The summed E-state index contributed by atoms with van der Waals surface area (Å²) in [4.78, 5) is 25.7. The second-order valence-electron chi connectivity index (χ2n) is 6.02. The number of ether oxygens (including phenoxy) is 4. The predicted octanol–water partition coefficient (Wildman–Crippen LogP) is 3.26. The lowest BCUT2D eigenvalue weighted by Crippen LogP contribution is -2.15. The molecule has 2 aromatic rings. The predicted molar refractivity (Wildman–Crippen MR) is 100 cm³/mol. The Labute approximate surface area is 158 Å². The molecular weight excluding hydrogens is 352 g/mol. The van der Waals surface area contributed by atoms with Crippen LogP contribution in [-0.2, 0) is 20.6 Å². The van der Waals surface area contributed by atoms with E-state index in [1.165, 1.54) is 4.57 Å². The maximum atomic E-state index is 12.3. The van der Waals surface area contributed by atoms with Crippen LogP contribution < -0.4 is 4.74 Å². The summed E-state index contributed by atoms with van der Waals surface area (Å²) in [5, 5.41) is 0.792. The number of likely N-dealkylation sites (N-methyl/N-ethyl adjacent to an activating group) is 1. The molecule has 0 spiro atoms. The van der Waals surface area contributed by atoms with Crippen molar-refractivity contribution in [2.45, 2.75) is 20.3 Å². The number of fused-ring (bicyclic) bond motifs is 1. The molecule has 0 unspecified atom stereocenters. The molecule has 0 radical (unpaired) electrons. The van der Waals surface area contributed by atoms with Crippen molar-refractivity contribution in [1.29, 1.82) is 0 Å². The fraction of sp³-hybridized carbons (Fsp3) is 0.474. The highest BCUT2D eigenvalue weighted by molar-refractivity contribution is 5.95. The largest absolute Gasteiger partial charge is 0.511 e. The summed E-state index contributed by atoms with van der Waals surface area (Å²) in [5.41, 5.74) is 1.62. The molecule has 0 aliphatic rings. The zero-order valence-electron chi connectivity index (χ0n) is 16.2. The van der Waals surface area contributed by atoms with Gasteiger partial charge >= 0.3 is 12.2 Å². The van der Waals surface area contributed by atoms with Gasteiger partial charge in [-0.2, -0.15) is 0 Å². The number of carbonyl (C=O) groups is 2. The van der Waals surface area contributed by atoms with E-state index in [0.29, 0.717) is 11.3 Å². The Morgan fingerprint density at radius 2 is 1.81 bits per heavy atom. The first-order valence-corrected chi connectivity index (χ1v) is 8.85. The molecule has 1 aromatic carbocycles. The van der Waals surface area contributed by atoms with Gasteiger partial charge < -0.3 is 23.8 Å². The summed E-state index contributed by atoms with van der Waals surface area (Å²) in [5.74, 6) is 0.522. The average molecular weight is 378 g/mol. The second kappa shape index (κ2) is 9.82. The standard InChI is InChI=1S/C19H26N2O6/c1-5-24-18(22)21-12-14(10-11-20(3)4)17-15(21)8-7-9-16(17)26-13-27-19(23)25-6-2/h7-9,12H,5-6,10-11,13H2,1-4H3. The molecule has 0 amide bonds. The van der Waals surface area contributed by atoms with Crippen molar-refractivity contribution in [3.05, 3.63) is 30.0 Å². The number of rotatable bonds is 8. The monoisotopic (exact) mass is 378 g/mol. The number of hydrogen-bond donors (Lipinski definition) is 0. The molecule has 0 fully saturated rings. The number of hydrogen-bond acceptors (Lipinski definition) is 7. The van der Waals surface area contributed by atoms with Crippen LogP contribution in [0.15, 0.2) is 24.4 Å². The zero-order valence-corrected chi connectivity index (χ0v) is 16.2. The highest BCUT2D eigenvalue weighted by atomic mass is 16.8. The minimum atomic E-state index is -0.790. The molecule has 0 aliphatic carbocycles. The summed E-state index contributed by atoms with van der Waals surface area (Å²) in [6.45, 7) is 4.49. The SMILES string of the molecule is CCOC(=O)OCOc1cccc2c1c(CCN(C)C)cn2C(=O)OCC. The molecule has 0 bridgehead atoms. The number of carbonyl (C=O) groups excluding carboxylic acids is 2. The molecule has 0 N–H and O–H groups in total. The topological polar surface area (TPSA) is 79.2 Å². The molecule has 0 saturated heterocycles. The van der Waals surface area contributed by atoms with Gasteiger partial charge in [-0.15, -0.1) is 0 Å². The van der Waals surface area contributed by atoms with Crippen LogP contribution in [0.5, 0.6) is 5.75 Å². The summed E-state index contributed by atoms with van der Waals surface area (Å²) in [6, 6.07) is 5.36. The summed E-state index contributed by atoms with van der Waals surface area (Å²) in [7, 11) is 3.96. The van der Waals surface area contributed by atoms with Crippen LogP contribution in [0.1, 0.15) is 19.4 Å². The molecule has 8 nitrogen and oxygen atoms in total. The highest BCUT2D eigenvalue weighted by Crippen LogP contribution is 2.31. The van der Waals surface area contributed by atoms with Crippen molar-refractivity contribution in [3.8, 4) is 5.75 Å². The molecule has 0 atom stereocenters. The third-order valence-electron chi connectivity index (χ3n) is 3.82. The van der Waals surface area contributed by atoms with Gasteiger partial charge in [0.05, 0.1) is 18.7 Å². The van der Waals surface area contributed by atoms with E-state index in [9.17, 15) is 9.59 Å². The van der Waals surface area contributed by atoms with Crippen LogP contribution >= 0.6 is 0 Å². The quantitative estimate of drug-likeness (QED) is 0.515. The molecule has 148 valence electrons. The van der Waals surface area contributed by atoms with Gasteiger partial charge in [-0.05, 0) is 52.1 Å².